The number of fused-ring (bicyclic) bond motifs is 1. The van der Waals surface area contributed by atoms with Gasteiger partial charge in [0.15, 0.2) is 24.5 Å². The first-order valence-corrected chi connectivity index (χ1v) is 21.5. The molecule has 21 unspecified atom stereocenters. The van der Waals surface area contributed by atoms with E-state index in [0.717, 1.165) is 0 Å². The molecule has 7 rings (SSSR count). The van der Waals surface area contributed by atoms with Crippen molar-refractivity contribution in [1.29, 1.82) is 0 Å². The molecule has 4 aliphatic heterocycles. The van der Waals surface area contributed by atoms with E-state index >= 15 is 0 Å². The Balaban J connectivity index is 1.05. The summed E-state index contributed by atoms with van der Waals surface area (Å²) >= 11 is 0. The Morgan fingerprint density at radius 1 is 0.672 bits per heavy atom. The molecule has 3 saturated carbocycles. The minimum atomic E-state index is -2.12. The minimum Gasteiger partial charge on any atom is -0.459 e. The highest BCUT2D eigenvalue weighted by Gasteiger charge is 2.56. The summed E-state index contributed by atoms with van der Waals surface area (Å²) in [5.41, 5.74) is -2.12. The quantitative estimate of drug-likeness (QED) is 0.0650. The van der Waals surface area contributed by atoms with Gasteiger partial charge in [0.25, 0.3) is 0 Å². The number of hydrogen-bond donors (Lipinski definition) is 12. The second-order valence-electron chi connectivity index (χ2n) is 18.0. The van der Waals surface area contributed by atoms with Crippen LogP contribution in [0.25, 0.3) is 0 Å². The number of allylic oxidation sites excluding steroid dienone is 1. The summed E-state index contributed by atoms with van der Waals surface area (Å²) in [6.45, 7) is -2.28. The van der Waals surface area contributed by atoms with Crippen LogP contribution in [0.4, 0.5) is 0 Å². The van der Waals surface area contributed by atoms with Crippen molar-refractivity contribution < 1.29 is 104 Å². The third-order valence-corrected chi connectivity index (χ3v) is 13.7. The lowest BCUT2D eigenvalue weighted by Gasteiger charge is -2.52. The van der Waals surface area contributed by atoms with E-state index < -0.39 is 154 Å². The molecule has 12 N–H and O–H groups in total. The number of ether oxygens (including phenoxy) is 8. The first-order valence-electron chi connectivity index (χ1n) is 21.5. The van der Waals surface area contributed by atoms with Gasteiger partial charge in [0.2, 0.25) is 0 Å². The largest absolute Gasteiger partial charge is 0.459 e. The highest BCUT2D eigenvalue weighted by atomic mass is 16.8. The average molecular weight is 881 g/mol. The Morgan fingerprint density at radius 2 is 1.41 bits per heavy atom. The molecule has 4 saturated heterocycles. The van der Waals surface area contributed by atoms with Crippen molar-refractivity contribution in [3.8, 4) is 0 Å². The van der Waals surface area contributed by atoms with Gasteiger partial charge in [-0.1, -0.05) is 6.08 Å². The molecule has 0 aromatic carbocycles. The van der Waals surface area contributed by atoms with Gasteiger partial charge < -0.3 is 99.2 Å². The third kappa shape index (κ3) is 10.8. The SMILES string of the molecule is O=C(C=CC1CCC(O)CC1)OCC1(O)COC(OC2C(OC3CC4C(OC5OC(CO)C(O)C(O)C5O)CC(O)CC4OC3C3CCC(O)C(O)C3)OCC(O)C2O)C1O. The molecule has 0 aromatic rings. The van der Waals surface area contributed by atoms with E-state index in [9.17, 15) is 66.1 Å². The van der Waals surface area contributed by atoms with Gasteiger partial charge in [-0.25, -0.2) is 4.79 Å². The van der Waals surface area contributed by atoms with Crippen LogP contribution in [-0.4, -0.2) is 216 Å². The fraction of sp³-hybridized carbons (Fsp3) is 0.925. The molecule has 61 heavy (non-hydrogen) atoms. The summed E-state index contributed by atoms with van der Waals surface area (Å²) < 4.78 is 47.7. The smallest absolute Gasteiger partial charge is 0.330 e. The van der Waals surface area contributed by atoms with Crippen molar-refractivity contribution in [1.82, 2.24) is 0 Å². The fourth-order valence-electron chi connectivity index (χ4n) is 9.90. The molecular formula is C40H64O21. The Morgan fingerprint density at radius 3 is 2.13 bits per heavy atom. The Kier molecular flexibility index (Phi) is 15.8. The molecule has 4 heterocycles. The highest BCUT2D eigenvalue weighted by molar-refractivity contribution is 5.82. The van der Waals surface area contributed by atoms with Crippen molar-refractivity contribution in [2.24, 2.45) is 17.8 Å². The summed E-state index contributed by atoms with van der Waals surface area (Å²) in [6.07, 6.45) is -17.2. The van der Waals surface area contributed by atoms with Gasteiger partial charge in [-0.05, 0) is 69.6 Å². The molecular weight excluding hydrogens is 816 g/mol. The molecule has 350 valence electrons. The number of hydrogen-bond acceptors (Lipinski definition) is 21. The van der Waals surface area contributed by atoms with Crippen molar-refractivity contribution >= 4 is 5.97 Å². The lowest BCUT2D eigenvalue weighted by Crippen LogP contribution is -2.63. The Labute approximate surface area is 352 Å². The zero-order chi connectivity index (χ0) is 43.7. The van der Waals surface area contributed by atoms with Crippen LogP contribution >= 0.6 is 0 Å². The summed E-state index contributed by atoms with van der Waals surface area (Å²) in [5.74, 6) is -1.62. The number of esters is 1. The topological polar surface area (TPSA) is 334 Å². The van der Waals surface area contributed by atoms with Crippen molar-refractivity contribution in [2.75, 3.05) is 26.4 Å². The van der Waals surface area contributed by atoms with Crippen LogP contribution < -0.4 is 0 Å². The van der Waals surface area contributed by atoms with Gasteiger partial charge >= 0.3 is 5.97 Å². The van der Waals surface area contributed by atoms with Crippen LogP contribution in [0.2, 0.25) is 0 Å². The third-order valence-electron chi connectivity index (χ3n) is 13.7. The van der Waals surface area contributed by atoms with Gasteiger partial charge in [-0.3, -0.25) is 0 Å². The van der Waals surface area contributed by atoms with Gasteiger partial charge in [0, 0.05) is 18.4 Å². The number of aliphatic hydroxyl groups is 12. The molecule has 21 nitrogen and oxygen atoms in total. The van der Waals surface area contributed by atoms with E-state index in [-0.39, 0.29) is 50.0 Å². The maximum Gasteiger partial charge on any atom is 0.330 e. The maximum absolute atomic E-state index is 12.5. The van der Waals surface area contributed by atoms with E-state index in [1.807, 2.05) is 0 Å². The average Bonchev–Trinajstić information content (AvgIpc) is 3.52. The van der Waals surface area contributed by atoms with Crippen molar-refractivity contribution in [2.45, 2.75) is 186 Å². The molecule has 0 bridgehead atoms. The van der Waals surface area contributed by atoms with Crippen LogP contribution in [0.1, 0.15) is 64.2 Å². The standard InChI is InChI=1S/C40H64O21/c41-13-28-31(49)32(50)33(51)37(60-28)58-26-11-20(43)10-25-21(26)12-27(34(57-25)18-4-7-22(44)23(45)9-18)59-38-35(30(48)24(46)14-54-38)61-39-36(52)40(53,16-56-39)15-55-29(47)8-3-17-1-5-19(42)6-2-17/h3,8,17-28,30-39,41-46,48-53H,1-2,4-7,9-16H2. The molecule has 7 aliphatic rings. The lowest BCUT2D eigenvalue weighted by atomic mass is 9.72. The van der Waals surface area contributed by atoms with Crippen molar-refractivity contribution in [3.05, 3.63) is 12.2 Å². The molecule has 7 fully saturated rings. The second kappa shape index (κ2) is 20.3. The molecule has 0 amide bonds. The van der Waals surface area contributed by atoms with Crippen molar-refractivity contribution in [3.63, 3.8) is 0 Å². The van der Waals surface area contributed by atoms with Gasteiger partial charge in [0.1, 0.15) is 55.4 Å². The summed E-state index contributed by atoms with van der Waals surface area (Å²) in [6, 6.07) is 0. The number of carbonyl (C=O) groups excluding carboxylic acids is 1. The molecule has 0 radical (unpaired) electrons. The predicted octanol–water partition coefficient (Wildman–Crippen LogP) is -4.43. The molecule has 21 atom stereocenters. The molecule has 21 heteroatoms. The van der Waals surface area contributed by atoms with Crippen LogP contribution in [0.5, 0.6) is 0 Å². The second-order valence-corrected chi connectivity index (χ2v) is 18.0. The number of carbonyl (C=O) groups is 1. The monoisotopic (exact) mass is 880 g/mol. The normalized spacial score (nSPS) is 51.0. The number of rotatable bonds is 12. The van der Waals surface area contributed by atoms with E-state index in [0.29, 0.717) is 32.1 Å². The Bertz CT molecular complexity index is 1450. The summed E-state index contributed by atoms with van der Waals surface area (Å²) in [7, 11) is 0. The van der Waals surface area contributed by atoms with Gasteiger partial charge in [-0.15, -0.1) is 0 Å². The maximum atomic E-state index is 12.5. The van der Waals surface area contributed by atoms with Crippen LogP contribution in [0.15, 0.2) is 12.2 Å². The molecule has 3 aliphatic carbocycles. The first kappa shape index (κ1) is 47.4. The van der Waals surface area contributed by atoms with Gasteiger partial charge in [0.05, 0.1) is 68.7 Å². The highest BCUT2D eigenvalue weighted by Crippen LogP contribution is 2.45. The minimum absolute atomic E-state index is 0.0405. The summed E-state index contributed by atoms with van der Waals surface area (Å²) in [5, 5.41) is 127. The summed E-state index contributed by atoms with van der Waals surface area (Å²) in [4.78, 5) is 12.5. The lowest BCUT2D eigenvalue weighted by molar-refractivity contribution is -0.348. The van der Waals surface area contributed by atoms with E-state index in [1.165, 1.54) is 6.08 Å². The van der Waals surface area contributed by atoms with E-state index in [4.69, 9.17) is 37.9 Å². The van der Waals surface area contributed by atoms with E-state index in [1.54, 1.807) is 6.08 Å². The predicted molar refractivity (Wildman–Crippen MR) is 200 cm³/mol. The molecule has 0 aromatic heterocycles. The zero-order valence-corrected chi connectivity index (χ0v) is 33.8. The number of aliphatic hydroxyl groups excluding tert-OH is 11. The van der Waals surface area contributed by atoms with Crippen LogP contribution in [-0.2, 0) is 42.7 Å². The first-order chi connectivity index (χ1) is 29.0. The fourth-order valence-corrected chi connectivity index (χ4v) is 9.90. The zero-order valence-electron chi connectivity index (χ0n) is 33.8. The molecule has 0 spiro atoms. The van der Waals surface area contributed by atoms with Gasteiger partial charge in [-0.2, -0.15) is 0 Å². The Hall–Kier alpha value is -1.55. The van der Waals surface area contributed by atoms with Crippen LogP contribution in [0.3, 0.4) is 0 Å². The van der Waals surface area contributed by atoms with Crippen LogP contribution in [0, 0.1) is 17.8 Å². The van der Waals surface area contributed by atoms with E-state index in [2.05, 4.69) is 0 Å².